The number of pyridine rings is 1. The third-order valence-electron chi connectivity index (χ3n) is 3.66. The second-order valence-corrected chi connectivity index (χ2v) is 5.20. The Balaban J connectivity index is 2.05. The monoisotopic (exact) mass is 264 g/mol. The van der Waals surface area contributed by atoms with Gasteiger partial charge in [0.05, 0.1) is 11.8 Å². The lowest BCUT2D eigenvalue weighted by Crippen LogP contribution is -2.30. The molecule has 0 amide bonds. The molecule has 0 saturated heterocycles. The maximum atomic E-state index is 6.13. The highest BCUT2D eigenvalue weighted by Crippen LogP contribution is 2.27. The van der Waals surface area contributed by atoms with Gasteiger partial charge < -0.3 is 15.2 Å². The largest absolute Gasteiger partial charge is 0.488 e. The van der Waals surface area contributed by atoms with Crippen LogP contribution in [0.1, 0.15) is 37.1 Å². The van der Waals surface area contributed by atoms with E-state index < -0.39 is 0 Å². The molecule has 1 saturated carbocycles. The minimum Gasteiger partial charge on any atom is -0.488 e. The Morgan fingerprint density at radius 2 is 2.11 bits per heavy atom. The van der Waals surface area contributed by atoms with Gasteiger partial charge in [0.1, 0.15) is 11.9 Å². The van der Waals surface area contributed by atoms with Gasteiger partial charge in [0.25, 0.3) is 0 Å². The molecule has 1 fully saturated rings. The number of methoxy groups -OCH3 is 1. The van der Waals surface area contributed by atoms with E-state index >= 15 is 0 Å². The van der Waals surface area contributed by atoms with Gasteiger partial charge in [-0.15, -0.1) is 0 Å². The van der Waals surface area contributed by atoms with Gasteiger partial charge in [-0.2, -0.15) is 0 Å². The van der Waals surface area contributed by atoms with Gasteiger partial charge in [-0.1, -0.05) is 0 Å². The van der Waals surface area contributed by atoms with Crippen LogP contribution in [-0.4, -0.2) is 30.8 Å². The van der Waals surface area contributed by atoms with E-state index in [2.05, 4.69) is 4.98 Å². The van der Waals surface area contributed by atoms with Crippen LogP contribution in [0.5, 0.6) is 5.75 Å². The number of ether oxygens (including phenoxy) is 2. The Bertz CT molecular complexity index is 409. The van der Waals surface area contributed by atoms with Crippen LogP contribution in [0.15, 0.2) is 12.1 Å². The fraction of sp³-hybridized carbons (Fsp3) is 0.667. The molecule has 1 heterocycles. The van der Waals surface area contributed by atoms with E-state index in [9.17, 15) is 0 Å². The van der Waals surface area contributed by atoms with Crippen LogP contribution in [0.25, 0.3) is 0 Å². The van der Waals surface area contributed by atoms with Crippen molar-refractivity contribution in [3.05, 3.63) is 23.5 Å². The number of nitrogens with zero attached hydrogens (tertiary/aromatic N) is 1. The summed E-state index contributed by atoms with van der Waals surface area (Å²) in [5.74, 6) is 0.887. The van der Waals surface area contributed by atoms with E-state index in [0.717, 1.165) is 49.2 Å². The molecule has 1 aromatic heterocycles. The third kappa shape index (κ3) is 3.91. The summed E-state index contributed by atoms with van der Waals surface area (Å²) in [5.41, 5.74) is 7.62. The van der Waals surface area contributed by atoms with Crippen LogP contribution in [0.3, 0.4) is 0 Å². The van der Waals surface area contributed by atoms with Crippen LogP contribution >= 0.6 is 0 Å². The van der Waals surface area contributed by atoms with Crippen LogP contribution in [0.4, 0.5) is 0 Å². The van der Waals surface area contributed by atoms with Crippen molar-refractivity contribution in [1.82, 2.24) is 4.98 Å². The molecular weight excluding hydrogens is 240 g/mol. The zero-order valence-corrected chi connectivity index (χ0v) is 11.9. The summed E-state index contributed by atoms with van der Waals surface area (Å²) >= 11 is 0. The SMILES string of the molecule is COC1CCCC(Oc2ccc(C)nc2CCN)C1. The first kappa shape index (κ1) is 14.3. The van der Waals surface area contributed by atoms with Crippen molar-refractivity contribution >= 4 is 0 Å². The van der Waals surface area contributed by atoms with Crippen LogP contribution in [-0.2, 0) is 11.2 Å². The number of hydrogen-bond donors (Lipinski definition) is 1. The van der Waals surface area contributed by atoms with Crippen molar-refractivity contribution in [2.45, 2.75) is 51.2 Å². The van der Waals surface area contributed by atoms with Crippen LogP contribution in [0.2, 0.25) is 0 Å². The first-order chi connectivity index (χ1) is 9.22. The summed E-state index contributed by atoms with van der Waals surface area (Å²) in [6.07, 6.45) is 5.68. The quantitative estimate of drug-likeness (QED) is 0.886. The Kier molecular flexibility index (Phi) is 5.16. The number of rotatable bonds is 5. The van der Waals surface area contributed by atoms with Crippen LogP contribution < -0.4 is 10.5 Å². The van der Waals surface area contributed by atoms with E-state index in [4.69, 9.17) is 15.2 Å². The molecule has 1 aliphatic rings. The lowest BCUT2D eigenvalue weighted by molar-refractivity contribution is 0.0205. The predicted octanol–water partition coefficient (Wildman–Crippen LogP) is 2.23. The van der Waals surface area contributed by atoms with E-state index in [-0.39, 0.29) is 6.10 Å². The zero-order chi connectivity index (χ0) is 13.7. The topological polar surface area (TPSA) is 57.4 Å². The summed E-state index contributed by atoms with van der Waals surface area (Å²) in [4.78, 5) is 4.53. The normalized spacial score (nSPS) is 23.3. The smallest absolute Gasteiger partial charge is 0.141 e. The Morgan fingerprint density at radius 3 is 2.84 bits per heavy atom. The zero-order valence-electron chi connectivity index (χ0n) is 11.9. The molecule has 0 aliphatic heterocycles. The third-order valence-corrected chi connectivity index (χ3v) is 3.66. The molecule has 0 aromatic carbocycles. The molecule has 0 spiro atoms. The summed E-state index contributed by atoms with van der Waals surface area (Å²) in [5, 5.41) is 0. The molecule has 2 unspecified atom stereocenters. The highest BCUT2D eigenvalue weighted by molar-refractivity contribution is 5.29. The summed E-state index contributed by atoms with van der Waals surface area (Å²) in [6, 6.07) is 4.01. The van der Waals surface area contributed by atoms with Crippen molar-refractivity contribution in [1.29, 1.82) is 0 Å². The van der Waals surface area contributed by atoms with Gasteiger partial charge in [-0.25, -0.2) is 0 Å². The lowest BCUT2D eigenvalue weighted by Gasteiger charge is -2.29. The van der Waals surface area contributed by atoms with Crippen LogP contribution in [0, 0.1) is 6.92 Å². The first-order valence-electron chi connectivity index (χ1n) is 7.09. The van der Waals surface area contributed by atoms with Gasteiger partial charge in [0, 0.05) is 25.6 Å². The van der Waals surface area contributed by atoms with E-state index in [1.54, 1.807) is 7.11 Å². The fourth-order valence-electron chi connectivity index (χ4n) is 2.62. The molecular formula is C15H24N2O2. The number of nitrogens with two attached hydrogens (primary N) is 1. The molecule has 1 aliphatic carbocycles. The van der Waals surface area contributed by atoms with Gasteiger partial charge in [-0.05, 0) is 44.9 Å². The fourth-order valence-corrected chi connectivity index (χ4v) is 2.62. The average Bonchev–Trinajstić information content (AvgIpc) is 2.42. The minimum atomic E-state index is 0.236. The van der Waals surface area contributed by atoms with Crippen molar-refractivity contribution in [3.63, 3.8) is 0 Å². The standard InChI is InChI=1S/C15H24N2O2/c1-11-6-7-15(14(17-11)8-9-16)19-13-5-3-4-12(10-13)18-2/h6-7,12-13H,3-5,8-10,16H2,1-2H3. The predicted molar refractivity (Wildman–Crippen MR) is 75.4 cm³/mol. The maximum absolute atomic E-state index is 6.13. The molecule has 0 radical (unpaired) electrons. The molecule has 106 valence electrons. The Morgan fingerprint density at radius 1 is 1.32 bits per heavy atom. The average molecular weight is 264 g/mol. The molecule has 1 aromatic rings. The van der Waals surface area contributed by atoms with Crippen molar-refractivity contribution in [2.75, 3.05) is 13.7 Å². The maximum Gasteiger partial charge on any atom is 0.141 e. The Labute approximate surface area is 115 Å². The molecule has 0 bridgehead atoms. The van der Waals surface area contributed by atoms with Crippen molar-refractivity contribution < 1.29 is 9.47 Å². The summed E-state index contributed by atoms with van der Waals surface area (Å²) in [6.45, 7) is 2.59. The number of aryl methyl sites for hydroxylation is 1. The molecule has 4 nitrogen and oxygen atoms in total. The summed E-state index contributed by atoms with van der Waals surface area (Å²) < 4.78 is 11.6. The number of aromatic nitrogens is 1. The van der Waals surface area contributed by atoms with Crippen molar-refractivity contribution in [3.8, 4) is 5.75 Å². The van der Waals surface area contributed by atoms with Crippen molar-refractivity contribution in [2.24, 2.45) is 5.73 Å². The highest BCUT2D eigenvalue weighted by Gasteiger charge is 2.23. The molecule has 19 heavy (non-hydrogen) atoms. The van der Waals surface area contributed by atoms with Gasteiger partial charge in [0.15, 0.2) is 0 Å². The Hall–Kier alpha value is -1.13. The molecule has 2 atom stereocenters. The van der Waals surface area contributed by atoms with E-state index in [1.807, 2.05) is 19.1 Å². The van der Waals surface area contributed by atoms with Gasteiger partial charge in [-0.3, -0.25) is 4.98 Å². The van der Waals surface area contributed by atoms with E-state index in [1.165, 1.54) is 0 Å². The minimum absolute atomic E-state index is 0.236. The summed E-state index contributed by atoms with van der Waals surface area (Å²) in [7, 11) is 1.78. The van der Waals surface area contributed by atoms with Gasteiger partial charge >= 0.3 is 0 Å². The van der Waals surface area contributed by atoms with Gasteiger partial charge in [0.2, 0.25) is 0 Å². The second-order valence-electron chi connectivity index (χ2n) is 5.20. The van der Waals surface area contributed by atoms with E-state index in [0.29, 0.717) is 12.6 Å². The number of hydrogen-bond acceptors (Lipinski definition) is 4. The molecule has 2 N–H and O–H groups in total. The second kappa shape index (κ2) is 6.87. The lowest BCUT2D eigenvalue weighted by atomic mass is 9.95. The molecule has 4 heteroatoms. The first-order valence-corrected chi connectivity index (χ1v) is 7.09. The highest BCUT2D eigenvalue weighted by atomic mass is 16.5. The molecule has 2 rings (SSSR count).